The summed E-state index contributed by atoms with van der Waals surface area (Å²) >= 11 is 3.23. The van der Waals surface area contributed by atoms with Gasteiger partial charge >= 0.3 is 0 Å². The topological polar surface area (TPSA) is 72.5 Å². The van der Waals surface area contributed by atoms with E-state index < -0.39 is 9.05 Å². The van der Waals surface area contributed by atoms with Crippen LogP contribution in [0.1, 0.15) is 29.6 Å². The van der Waals surface area contributed by atoms with Crippen molar-refractivity contribution in [1.82, 2.24) is 5.32 Å². The Labute approximate surface area is 136 Å². The van der Waals surface area contributed by atoms with Gasteiger partial charge in [-0.15, -0.1) is 0 Å². The predicted molar refractivity (Wildman–Crippen MR) is 83.1 cm³/mol. The minimum absolute atomic E-state index is 0.0152. The molecule has 0 radical (unpaired) electrons. The lowest BCUT2D eigenvalue weighted by Gasteiger charge is -2.22. The predicted octanol–water partition coefficient (Wildman–Crippen LogP) is 2.68. The molecular weight excluding hydrogens is 382 g/mol. The molecule has 116 valence electrons. The van der Waals surface area contributed by atoms with Gasteiger partial charge in [0, 0.05) is 28.3 Å². The SMILES string of the molecule is O=C(NCC1CCCCO1)c1cc(S(=O)(=O)Cl)ccc1Br. The molecule has 1 amide bonds. The van der Waals surface area contributed by atoms with Gasteiger partial charge in [-0.05, 0) is 53.4 Å². The van der Waals surface area contributed by atoms with E-state index in [-0.39, 0.29) is 22.5 Å². The Balaban J connectivity index is 2.07. The van der Waals surface area contributed by atoms with E-state index >= 15 is 0 Å². The summed E-state index contributed by atoms with van der Waals surface area (Å²) in [5.41, 5.74) is 0.229. The van der Waals surface area contributed by atoms with E-state index in [1.54, 1.807) is 0 Å². The molecule has 1 saturated heterocycles. The smallest absolute Gasteiger partial charge is 0.261 e. The van der Waals surface area contributed by atoms with Crippen molar-refractivity contribution < 1.29 is 17.9 Å². The van der Waals surface area contributed by atoms with Crippen molar-refractivity contribution in [1.29, 1.82) is 0 Å². The second-order valence-corrected chi connectivity index (χ2v) is 8.20. The molecule has 8 heteroatoms. The first kappa shape index (κ1) is 16.7. The van der Waals surface area contributed by atoms with Gasteiger partial charge in [0.1, 0.15) is 0 Å². The van der Waals surface area contributed by atoms with Crippen molar-refractivity contribution in [3.63, 3.8) is 0 Å². The van der Waals surface area contributed by atoms with Crippen LogP contribution in [0.3, 0.4) is 0 Å². The third-order valence-electron chi connectivity index (χ3n) is 3.23. The maximum absolute atomic E-state index is 12.2. The molecule has 5 nitrogen and oxygen atoms in total. The molecule has 1 N–H and O–H groups in total. The molecule has 0 saturated carbocycles. The van der Waals surface area contributed by atoms with Crippen LogP contribution in [-0.2, 0) is 13.8 Å². The van der Waals surface area contributed by atoms with Crippen LogP contribution >= 0.6 is 26.6 Å². The Bertz CT molecular complexity index is 629. The van der Waals surface area contributed by atoms with E-state index in [0.29, 0.717) is 17.6 Å². The zero-order valence-electron chi connectivity index (χ0n) is 11.1. The Morgan fingerprint density at radius 3 is 2.81 bits per heavy atom. The van der Waals surface area contributed by atoms with E-state index in [2.05, 4.69) is 21.2 Å². The zero-order valence-corrected chi connectivity index (χ0v) is 14.3. The number of ether oxygens (including phenoxy) is 1. The molecular formula is C13H15BrClNO4S. The monoisotopic (exact) mass is 395 g/mol. The number of amides is 1. The number of benzene rings is 1. The zero-order chi connectivity index (χ0) is 15.5. The van der Waals surface area contributed by atoms with Crippen LogP contribution in [0.5, 0.6) is 0 Å². The lowest BCUT2D eigenvalue weighted by atomic mass is 10.1. The molecule has 2 rings (SSSR count). The largest absolute Gasteiger partial charge is 0.376 e. The molecule has 0 spiro atoms. The minimum atomic E-state index is -3.86. The van der Waals surface area contributed by atoms with Crippen LogP contribution in [0.2, 0.25) is 0 Å². The van der Waals surface area contributed by atoms with Gasteiger partial charge < -0.3 is 10.1 Å². The second-order valence-electron chi connectivity index (χ2n) is 4.78. The van der Waals surface area contributed by atoms with E-state index in [0.717, 1.165) is 19.3 Å². The van der Waals surface area contributed by atoms with Gasteiger partial charge in [0.25, 0.3) is 15.0 Å². The summed E-state index contributed by atoms with van der Waals surface area (Å²) in [4.78, 5) is 12.0. The molecule has 1 unspecified atom stereocenters. The number of carbonyl (C=O) groups excluding carboxylic acids is 1. The van der Waals surface area contributed by atoms with E-state index in [9.17, 15) is 13.2 Å². The molecule has 1 atom stereocenters. The summed E-state index contributed by atoms with van der Waals surface area (Å²) in [6.45, 7) is 1.12. The third kappa shape index (κ3) is 4.67. The highest BCUT2D eigenvalue weighted by Crippen LogP contribution is 2.23. The fraction of sp³-hybridized carbons (Fsp3) is 0.462. The number of rotatable bonds is 4. The highest BCUT2D eigenvalue weighted by atomic mass is 79.9. The van der Waals surface area contributed by atoms with Crippen molar-refractivity contribution >= 4 is 41.6 Å². The molecule has 1 aliphatic heterocycles. The molecule has 0 aromatic heterocycles. The van der Waals surface area contributed by atoms with Gasteiger partial charge in [-0.1, -0.05) is 0 Å². The fourth-order valence-corrected chi connectivity index (χ4v) is 3.30. The third-order valence-corrected chi connectivity index (χ3v) is 5.27. The van der Waals surface area contributed by atoms with Crippen LogP contribution in [0, 0.1) is 0 Å². The molecule has 1 aliphatic rings. The summed E-state index contributed by atoms with van der Waals surface area (Å²) in [5.74, 6) is -0.363. The van der Waals surface area contributed by atoms with Crippen LogP contribution in [0.15, 0.2) is 27.6 Å². The highest BCUT2D eigenvalue weighted by Gasteiger charge is 2.19. The summed E-state index contributed by atoms with van der Waals surface area (Å²) in [6.07, 6.45) is 3.06. The average Bonchev–Trinajstić information content (AvgIpc) is 2.45. The minimum Gasteiger partial charge on any atom is -0.376 e. The van der Waals surface area contributed by atoms with Crippen molar-refractivity contribution in [2.24, 2.45) is 0 Å². The average molecular weight is 397 g/mol. The maximum atomic E-state index is 12.2. The van der Waals surface area contributed by atoms with Gasteiger partial charge in [0.15, 0.2) is 0 Å². The summed E-state index contributed by atoms with van der Waals surface area (Å²) < 4.78 is 28.7. The standard InChI is InChI=1S/C13H15BrClNO4S/c14-12-5-4-10(21(15,18)19)7-11(12)13(17)16-8-9-3-1-2-6-20-9/h4-5,7,9H,1-3,6,8H2,(H,16,17). The van der Waals surface area contributed by atoms with Crippen LogP contribution in [0.4, 0.5) is 0 Å². The van der Waals surface area contributed by atoms with Crippen molar-refractivity contribution in [2.45, 2.75) is 30.3 Å². The number of hydrogen-bond donors (Lipinski definition) is 1. The first-order chi connectivity index (χ1) is 9.88. The molecule has 1 aromatic rings. The summed E-state index contributed by atoms with van der Waals surface area (Å²) in [7, 11) is 1.43. The first-order valence-corrected chi connectivity index (χ1v) is 9.62. The van der Waals surface area contributed by atoms with Gasteiger partial charge in [-0.3, -0.25) is 4.79 Å². The molecule has 1 aromatic carbocycles. The fourth-order valence-electron chi connectivity index (χ4n) is 2.10. The first-order valence-electron chi connectivity index (χ1n) is 6.52. The number of halogens is 2. The quantitative estimate of drug-likeness (QED) is 0.794. The van der Waals surface area contributed by atoms with Crippen LogP contribution in [0.25, 0.3) is 0 Å². The van der Waals surface area contributed by atoms with Crippen LogP contribution in [-0.4, -0.2) is 33.6 Å². The lowest BCUT2D eigenvalue weighted by molar-refractivity contribution is 0.0169. The number of hydrogen-bond acceptors (Lipinski definition) is 4. The number of nitrogens with one attached hydrogen (secondary N) is 1. The molecule has 1 heterocycles. The van der Waals surface area contributed by atoms with E-state index in [1.807, 2.05) is 0 Å². The van der Waals surface area contributed by atoms with E-state index in [4.69, 9.17) is 15.4 Å². The van der Waals surface area contributed by atoms with Gasteiger partial charge in [0.05, 0.1) is 16.6 Å². The normalized spacial score (nSPS) is 19.2. The molecule has 21 heavy (non-hydrogen) atoms. The van der Waals surface area contributed by atoms with Crippen molar-refractivity contribution in [3.05, 3.63) is 28.2 Å². The highest BCUT2D eigenvalue weighted by molar-refractivity contribution is 9.10. The Kier molecular flexibility index (Phi) is 5.65. The molecule has 0 aliphatic carbocycles. The van der Waals surface area contributed by atoms with Crippen LogP contribution < -0.4 is 5.32 Å². The Hall–Kier alpha value is -0.630. The van der Waals surface area contributed by atoms with Crippen molar-refractivity contribution in [3.8, 4) is 0 Å². The van der Waals surface area contributed by atoms with Gasteiger partial charge in [-0.2, -0.15) is 0 Å². The summed E-state index contributed by atoms with van der Waals surface area (Å²) in [5, 5.41) is 2.76. The van der Waals surface area contributed by atoms with Crippen molar-refractivity contribution in [2.75, 3.05) is 13.2 Å². The van der Waals surface area contributed by atoms with E-state index in [1.165, 1.54) is 18.2 Å². The second kappa shape index (κ2) is 7.09. The van der Waals surface area contributed by atoms with Gasteiger partial charge in [0.2, 0.25) is 0 Å². The summed E-state index contributed by atoms with van der Waals surface area (Å²) in [6, 6.07) is 4.08. The Morgan fingerprint density at radius 2 is 2.19 bits per heavy atom. The molecule has 0 bridgehead atoms. The Morgan fingerprint density at radius 1 is 1.43 bits per heavy atom. The van der Waals surface area contributed by atoms with Gasteiger partial charge in [-0.25, -0.2) is 8.42 Å². The molecule has 1 fully saturated rings. The number of carbonyl (C=O) groups is 1. The lowest BCUT2D eigenvalue weighted by Crippen LogP contribution is -2.35. The maximum Gasteiger partial charge on any atom is 0.261 e.